The van der Waals surface area contributed by atoms with E-state index < -0.39 is 15.9 Å². The molecule has 0 aromatic heterocycles. The monoisotopic (exact) mass is 791 g/mol. The first-order chi connectivity index (χ1) is 27.3. The summed E-state index contributed by atoms with van der Waals surface area (Å²) in [4.78, 5) is 13.8. The third kappa shape index (κ3) is 18.7. The van der Waals surface area contributed by atoms with Gasteiger partial charge in [0.05, 0.1) is 15.9 Å². The van der Waals surface area contributed by atoms with Gasteiger partial charge in [0.2, 0.25) is 9.84 Å². The van der Waals surface area contributed by atoms with Crippen molar-refractivity contribution in [3.8, 4) is 11.5 Å². The molecule has 0 aliphatic heterocycles. The lowest BCUT2D eigenvalue weighted by atomic mass is 10.0. The minimum absolute atomic E-state index is 0.000173. The van der Waals surface area contributed by atoms with Crippen molar-refractivity contribution in [3.05, 3.63) is 84.8 Å². The van der Waals surface area contributed by atoms with Crippen molar-refractivity contribution in [2.24, 2.45) is 0 Å². The molecule has 2 atom stereocenters. The van der Waals surface area contributed by atoms with Crippen molar-refractivity contribution in [2.45, 2.75) is 184 Å². The van der Waals surface area contributed by atoms with Gasteiger partial charge in [-0.1, -0.05) is 129 Å². The number of hydrogen-bond acceptors (Lipinski definition) is 6. The molecule has 2 unspecified atom stereocenters. The Labute approximate surface area is 340 Å². The highest BCUT2D eigenvalue weighted by molar-refractivity contribution is 7.91. The number of aromatic hydroxyl groups is 1. The highest BCUT2D eigenvalue weighted by Crippen LogP contribution is 2.26. The van der Waals surface area contributed by atoms with Crippen LogP contribution in [0.3, 0.4) is 0 Å². The van der Waals surface area contributed by atoms with Crippen molar-refractivity contribution >= 4 is 21.4 Å². The maximum absolute atomic E-state index is 13.6. The van der Waals surface area contributed by atoms with E-state index in [2.05, 4.69) is 44.6 Å². The predicted molar refractivity (Wildman–Crippen MR) is 231 cm³/mol. The van der Waals surface area contributed by atoms with E-state index in [0.717, 1.165) is 57.2 Å². The van der Waals surface area contributed by atoms with Gasteiger partial charge >= 0.3 is 0 Å². The van der Waals surface area contributed by atoms with Gasteiger partial charge in [-0.15, -0.1) is 0 Å². The number of carbonyl (C=O) groups is 1. The summed E-state index contributed by atoms with van der Waals surface area (Å²) in [6.07, 6.45) is 27.8. The molecule has 0 bridgehead atoms. The molecule has 311 valence electrons. The van der Waals surface area contributed by atoms with Crippen LogP contribution in [-0.2, 0) is 25.8 Å². The number of anilines is 1. The SMILES string of the molecule is CCCCCCCCCCCC([CH]CCCc1ccc(NC(=O)C(CCCCCCCCCC)Oc2ccc(S(=O)(=O)c3ccc(O)cc3)cc2)cc1)OCC. The minimum Gasteiger partial charge on any atom is -0.508 e. The summed E-state index contributed by atoms with van der Waals surface area (Å²) in [5.41, 5.74) is 1.96. The van der Waals surface area contributed by atoms with Gasteiger partial charge in [0.1, 0.15) is 11.5 Å². The molecule has 0 aliphatic carbocycles. The minimum atomic E-state index is -3.77. The molecule has 3 aromatic rings. The first-order valence-corrected chi connectivity index (χ1v) is 23.4. The number of ether oxygens (including phenoxy) is 2. The molecule has 3 rings (SSSR count). The average molecular weight is 791 g/mol. The van der Waals surface area contributed by atoms with Gasteiger partial charge in [-0.3, -0.25) is 4.79 Å². The summed E-state index contributed by atoms with van der Waals surface area (Å²) >= 11 is 0. The number of rotatable bonds is 32. The van der Waals surface area contributed by atoms with E-state index in [1.165, 1.54) is 132 Å². The van der Waals surface area contributed by atoms with Crippen molar-refractivity contribution in [1.29, 1.82) is 0 Å². The highest BCUT2D eigenvalue weighted by Gasteiger charge is 2.22. The molecule has 0 fully saturated rings. The second-order valence-electron chi connectivity index (χ2n) is 15.3. The van der Waals surface area contributed by atoms with Gasteiger partial charge in [0, 0.05) is 12.3 Å². The normalized spacial score (nSPS) is 12.7. The van der Waals surface area contributed by atoms with Crippen LogP contribution in [0.2, 0.25) is 0 Å². The fraction of sp³-hybridized carbons (Fsp3) is 0.583. The Morgan fingerprint density at radius 3 is 1.68 bits per heavy atom. The maximum atomic E-state index is 13.6. The van der Waals surface area contributed by atoms with Crippen LogP contribution in [-0.4, -0.2) is 38.2 Å². The van der Waals surface area contributed by atoms with Gasteiger partial charge < -0.3 is 19.9 Å². The zero-order valence-electron chi connectivity index (χ0n) is 34.8. The van der Waals surface area contributed by atoms with Crippen LogP contribution >= 0.6 is 0 Å². The molecule has 56 heavy (non-hydrogen) atoms. The van der Waals surface area contributed by atoms with E-state index in [4.69, 9.17) is 9.47 Å². The van der Waals surface area contributed by atoms with Crippen LogP contribution in [0.15, 0.2) is 82.6 Å². The topological polar surface area (TPSA) is 102 Å². The summed E-state index contributed by atoms with van der Waals surface area (Å²) in [5, 5.41) is 12.6. The number of aryl methyl sites for hydroxylation is 1. The van der Waals surface area contributed by atoms with E-state index in [1.807, 2.05) is 12.1 Å². The van der Waals surface area contributed by atoms with Crippen molar-refractivity contribution in [1.82, 2.24) is 0 Å². The number of carbonyl (C=O) groups excluding carboxylic acids is 1. The molecular weight excluding hydrogens is 719 g/mol. The standard InChI is InChI=1S/C48H72NO6S/c1-4-7-9-11-13-15-16-18-20-25-43(54-6-3)26-23-22-24-40-28-30-41(31-29-40)49-48(51)47(27-21-19-17-14-12-10-8-5-2)55-44-34-38-46(39-35-44)56(52,53)45-36-32-42(50)33-37-45/h26,28-39,43,47,50H,4-25,27H2,1-3H3,(H,49,51). The summed E-state index contributed by atoms with van der Waals surface area (Å²) in [7, 11) is -3.77. The second kappa shape index (κ2) is 28.1. The van der Waals surface area contributed by atoms with Gasteiger partial charge in [0.25, 0.3) is 5.91 Å². The zero-order valence-corrected chi connectivity index (χ0v) is 35.6. The Morgan fingerprint density at radius 1 is 0.643 bits per heavy atom. The van der Waals surface area contributed by atoms with Crippen molar-refractivity contribution in [2.75, 3.05) is 11.9 Å². The Kier molecular flexibility index (Phi) is 23.6. The number of unbranched alkanes of at least 4 members (excludes halogenated alkanes) is 16. The molecular formula is C48H72NO6S. The van der Waals surface area contributed by atoms with Crippen LogP contribution in [0.4, 0.5) is 5.69 Å². The fourth-order valence-electron chi connectivity index (χ4n) is 7.06. The number of hydrogen-bond donors (Lipinski definition) is 2. The number of amides is 1. The first kappa shape index (κ1) is 47.0. The van der Waals surface area contributed by atoms with Gasteiger partial charge in [-0.05, 0) is 118 Å². The van der Waals surface area contributed by atoms with Crippen LogP contribution in [0.1, 0.15) is 161 Å². The number of benzene rings is 3. The smallest absolute Gasteiger partial charge is 0.265 e. The number of phenols is 1. The van der Waals surface area contributed by atoms with E-state index in [0.29, 0.717) is 12.2 Å². The molecule has 0 spiro atoms. The number of phenolic OH excluding ortho intramolecular Hbond substituents is 1. The van der Waals surface area contributed by atoms with Crippen molar-refractivity contribution < 1.29 is 27.8 Å². The zero-order chi connectivity index (χ0) is 40.3. The number of sulfone groups is 1. The molecule has 1 amide bonds. The molecule has 0 saturated carbocycles. The van der Waals surface area contributed by atoms with Gasteiger partial charge in [-0.25, -0.2) is 8.42 Å². The Hall–Kier alpha value is -3.36. The lowest BCUT2D eigenvalue weighted by molar-refractivity contribution is -0.123. The Bertz CT molecular complexity index is 1560. The third-order valence-electron chi connectivity index (χ3n) is 10.5. The largest absolute Gasteiger partial charge is 0.508 e. The van der Waals surface area contributed by atoms with E-state index >= 15 is 0 Å². The van der Waals surface area contributed by atoms with Crippen LogP contribution < -0.4 is 10.1 Å². The van der Waals surface area contributed by atoms with Gasteiger partial charge in [-0.2, -0.15) is 0 Å². The molecule has 7 nitrogen and oxygen atoms in total. The maximum Gasteiger partial charge on any atom is 0.265 e. The van der Waals surface area contributed by atoms with Crippen LogP contribution in [0, 0.1) is 6.42 Å². The summed E-state index contributed by atoms with van der Waals surface area (Å²) in [6.45, 7) is 7.32. The fourth-order valence-corrected chi connectivity index (χ4v) is 8.32. The third-order valence-corrected chi connectivity index (χ3v) is 12.3. The molecule has 0 saturated heterocycles. The predicted octanol–water partition coefficient (Wildman–Crippen LogP) is 13.0. The van der Waals surface area contributed by atoms with Crippen LogP contribution in [0.5, 0.6) is 11.5 Å². The first-order valence-electron chi connectivity index (χ1n) is 21.9. The lowest BCUT2D eigenvalue weighted by Gasteiger charge is -2.19. The van der Waals surface area contributed by atoms with E-state index in [1.54, 1.807) is 12.1 Å². The number of nitrogens with one attached hydrogen (secondary N) is 1. The Balaban J connectivity index is 1.49. The Morgan fingerprint density at radius 2 is 1.14 bits per heavy atom. The molecule has 2 N–H and O–H groups in total. The molecule has 1 radical (unpaired) electrons. The summed E-state index contributed by atoms with van der Waals surface area (Å²) < 4.78 is 38.5. The highest BCUT2D eigenvalue weighted by atomic mass is 32.2. The average Bonchev–Trinajstić information content (AvgIpc) is 3.20. The molecule has 8 heteroatoms. The molecule has 3 aromatic carbocycles. The van der Waals surface area contributed by atoms with Crippen molar-refractivity contribution in [3.63, 3.8) is 0 Å². The molecule has 0 heterocycles. The summed E-state index contributed by atoms with van der Waals surface area (Å²) in [6, 6.07) is 19.7. The quantitative estimate of drug-likeness (QED) is 0.0611. The lowest BCUT2D eigenvalue weighted by Crippen LogP contribution is -2.33. The van der Waals surface area contributed by atoms with Crippen LogP contribution in [0.25, 0.3) is 0 Å². The molecule has 0 aliphatic rings. The summed E-state index contributed by atoms with van der Waals surface area (Å²) in [5.74, 6) is 0.214. The second-order valence-corrected chi connectivity index (χ2v) is 17.2. The van der Waals surface area contributed by atoms with E-state index in [9.17, 15) is 18.3 Å². The van der Waals surface area contributed by atoms with E-state index in [-0.39, 0.29) is 27.6 Å². The van der Waals surface area contributed by atoms with Gasteiger partial charge in [0.15, 0.2) is 6.10 Å².